The standard InChI is InChI=1S/C14H18O3S.C14H16O2S/c1-14(2,3)8-11(15)9-18-12-6-4-10(5-7-12)13(16)17;1-14(2,3)7-10-8-17-12-5-4-9(13(15)16)6-11(10)12/h4-7H,8-9H2,1-3H3,(H,16,17);4-6,8H,7H2,1-3H3,(H,15,16). The summed E-state index contributed by atoms with van der Waals surface area (Å²) in [5.41, 5.74) is 2.12. The van der Waals surface area contributed by atoms with Crippen LogP contribution in [0.3, 0.4) is 0 Å². The Bertz CT molecular complexity index is 1180. The average Bonchev–Trinajstić information content (AvgIpc) is 3.12. The van der Waals surface area contributed by atoms with E-state index in [1.807, 2.05) is 26.8 Å². The Balaban J connectivity index is 0.000000247. The van der Waals surface area contributed by atoms with E-state index in [-0.39, 0.29) is 22.2 Å². The number of aromatic carboxylic acids is 2. The molecule has 2 aromatic carbocycles. The molecule has 7 heteroatoms. The molecule has 0 fully saturated rings. The zero-order valence-corrected chi connectivity index (χ0v) is 22.8. The summed E-state index contributed by atoms with van der Waals surface area (Å²) in [4.78, 5) is 34.3. The van der Waals surface area contributed by atoms with Gasteiger partial charge >= 0.3 is 11.9 Å². The van der Waals surface area contributed by atoms with Crippen molar-refractivity contribution in [3.8, 4) is 0 Å². The topological polar surface area (TPSA) is 91.7 Å². The van der Waals surface area contributed by atoms with Gasteiger partial charge < -0.3 is 10.2 Å². The highest BCUT2D eigenvalue weighted by Gasteiger charge is 2.17. The number of carboxylic acid groups (broad SMARTS) is 2. The van der Waals surface area contributed by atoms with Gasteiger partial charge in [0, 0.05) is 16.0 Å². The number of fused-ring (bicyclic) bond motifs is 1. The molecule has 2 N–H and O–H groups in total. The minimum absolute atomic E-state index is 0.0187. The largest absolute Gasteiger partial charge is 0.478 e. The number of benzene rings is 2. The van der Waals surface area contributed by atoms with Crippen LogP contribution in [0.2, 0.25) is 0 Å². The lowest BCUT2D eigenvalue weighted by Crippen LogP contribution is -2.14. The highest BCUT2D eigenvalue weighted by Crippen LogP contribution is 2.32. The Kier molecular flexibility index (Phi) is 9.69. The maximum Gasteiger partial charge on any atom is 0.335 e. The highest BCUT2D eigenvalue weighted by atomic mass is 32.2. The van der Waals surface area contributed by atoms with Crippen molar-refractivity contribution in [3.05, 3.63) is 64.5 Å². The second-order valence-corrected chi connectivity index (χ2v) is 12.9. The Morgan fingerprint density at radius 3 is 1.91 bits per heavy atom. The van der Waals surface area contributed by atoms with Crippen molar-refractivity contribution in [3.63, 3.8) is 0 Å². The Morgan fingerprint density at radius 1 is 0.829 bits per heavy atom. The number of carbonyl (C=O) groups excluding carboxylic acids is 1. The number of thiophene rings is 1. The van der Waals surface area contributed by atoms with Gasteiger partial charge in [-0.1, -0.05) is 41.5 Å². The first kappa shape index (κ1) is 28.6. The maximum atomic E-state index is 11.7. The van der Waals surface area contributed by atoms with Gasteiger partial charge in [-0.25, -0.2) is 9.59 Å². The quantitative estimate of drug-likeness (QED) is 0.314. The molecule has 0 spiro atoms. The SMILES string of the molecule is CC(C)(C)CC(=O)CSc1ccc(C(=O)O)cc1.CC(C)(C)Cc1csc2ccc(C(=O)O)cc12. The number of thioether (sulfide) groups is 1. The van der Waals surface area contributed by atoms with Crippen molar-refractivity contribution in [2.75, 3.05) is 5.75 Å². The second kappa shape index (κ2) is 11.9. The molecule has 0 aliphatic rings. The number of rotatable bonds is 7. The van der Waals surface area contributed by atoms with Crippen LogP contribution in [0, 0.1) is 10.8 Å². The lowest BCUT2D eigenvalue weighted by molar-refractivity contribution is -0.118. The van der Waals surface area contributed by atoms with Crippen molar-refractivity contribution in [1.82, 2.24) is 0 Å². The summed E-state index contributed by atoms with van der Waals surface area (Å²) in [6, 6.07) is 11.9. The summed E-state index contributed by atoms with van der Waals surface area (Å²) >= 11 is 3.13. The molecule has 0 saturated heterocycles. The maximum absolute atomic E-state index is 11.7. The van der Waals surface area contributed by atoms with Gasteiger partial charge in [0.1, 0.15) is 5.78 Å². The predicted molar refractivity (Wildman–Crippen MR) is 145 cm³/mol. The molecule has 1 aromatic heterocycles. The number of hydrogen-bond acceptors (Lipinski definition) is 5. The van der Waals surface area contributed by atoms with Crippen LogP contribution in [0.25, 0.3) is 10.1 Å². The second-order valence-electron chi connectivity index (χ2n) is 10.9. The van der Waals surface area contributed by atoms with E-state index in [1.165, 1.54) is 17.3 Å². The summed E-state index contributed by atoms with van der Waals surface area (Å²) in [6.07, 6.45) is 1.53. The molecule has 0 amide bonds. The molecule has 188 valence electrons. The van der Waals surface area contributed by atoms with Crippen LogP contribution in [0.15, 0.2) is 52.7 Å². The van der Waals surface area contributed by atoms with Crippen LogP contribution in [-0.2, 0) is 11.2 Å². The lowest BCUT2D eigenvalue weighted by atomic mass is 9.88. The van der Waals surface area contributed by atoms with E-state index in [2.05, 4.69) is 26.2 Å². The predicted octanol–water partition coefficient (Wildman–Crippen LogP) is 7.67. The van der Waals surface area contributed by atoms with Crippen LogP contribution in [0.5, 0.6) is 0 Å². The van der Waals surface area contributed by atoms with E-state index < -0.39 is 11.9 Å². The van der Waals surface area contributed by atoms with Crippen LogP contribution in [0.4, 0.5) is 0 Å². The third kappa shape index (κ3) is 9.86. The average molecular weight is 515 g/mol. The molecule has 0 unspecified atom stereocenters. The Hall–Kier alpha value is -2.64. The highest BCUT2D eigenvalue weighted by molar-refractivity contribution is 8.00. The number of hydrogen-bond donors (Lipinski definition) is 2. The minimum Gasteiger partial charge on any atom is -0.478 e. The first-order chi connectivity index (χ1) is 16.1. The molecule has 0 saturated carbocycles. The fourth-order valence-corrected chi connectivity index (χ4v) is 5.12. The van der Waals surface area contributed by atoms with Gasteiger partial charge in [-0.15, -0.1) is 23.1 Å². The molecule has 0 bridgehead atoms. The monoisotopic (exact) mass is 514 g/mol. The fraction of sp³-hybridized carbons (Fsp3) is 0.393. The Morgan fingerprint density at radius 2 is 1.40 bits per heavy atom. The van der Waals surface area contributed by atoms with Gasteiger partial charge in [-0.2, -0.15) is 0 Å². The summed E-state index contributed by atoms with van der Waals surface area (Å²) in [5.74, 6) is -1.14. The third-order valence-corrected chi connectivity index (χ3v) is 6.93. The van der Waals surface area contributed by atoms with Crippen molar-refractivity contribution in [2.45, 2.75) is 59.3 Å². The zero-order valence-electron chi connectivity index (χ0n) is 21.2. The van der Waals surface area contributed by atoms with Crippen LogP contribution >= 0.6 is 23.1 Å². The van der Waals surface area contributed by atoms with E-state index in [0.717, 1.165) is 21.4 Å². The molecule has 35 heavy (non-hydrogen) atoms. The molecule has 0 atom stereocenters. The molecule has 0 aliphatic heterocycles. The van der Waals surface area contributed by atoms with E-state index in [9.17, 15) is 14.4 Å². The lowest BCUT2D eigenvalue weighted by Gasteiger charge is -2.17. The first-order valence-corrected chi connectivity index (χ1v) is 13.2. The molecule has 0 aliphatic carbocycles. The normalized spacial score (nSPS) is 11.6. The van der Waals surface area contributed by atoms with Crippen molar-refractivity contribution < 1.29 is 24.6 Å². The minimum atomic E-state index is -0.935. The molecule has 1 heterocycles. The van der Waals surface area contributed by atoms with Crippen LogP contribution < -0.4 is 0 Å². The molecular weight excluding hydrogens is 480 g/mol. The zero-order chi connectivity index (χ0) is 26.4. The van der Waals surface area contributed by atoms with E-state index in [4.69, 9.17) is 10.2 Å². The van der Waals surface area contributed by atoms with Gasteiger partial charge in [-0.05, 0) is 76.0 Å². The molecule has 5 nitrogen and oxygen atoms in total. The summed E-state index contributed by atoms with van der Waals surface area (Å²) in [5, 5.41) is 21.0. The fourth-order valence-electron chi connectivity index (χ4n) is 3.42. The Labute approximate surface area is 215 Å². The molecular formula is C28H34O5S2. The van der Waals surface area contributed by atoms with Crippen molar-refractivity contribution >= 4 is 50.9 Å². The first-order valence-electron chi connectivity index (χ1n) is 11.4. The summed E-state index contributed by atoms with van der Waals surface area (Å²) in [7, 11) is 0. The van der Waals surface area contributed by atoms with Crippen molar-refractivity contribution in [2.24, 2.45) is 10.8 Å². The van der Waals surface area contributed by atoms with E-state index in [1.54, 1.807) is 47.7 Å². The number of Topliss-reactive ketones (excluding diaryl/α,β-unsaturated/α-hetero) is 1. The van der Waals surface area contributed by atoms with Gasteiger partial charge in [0.25, 0.3) is 0 Å². The van der Waals surface area contributed by atoms with E-state index in [0.29, 0.717) is 17.7 Å². The van der Waals surface area contributed by atoms with Gasteiger partial charge in [-0.3, -0.25) is 4.79 Å². The smallest absolute Gasteiger partial charge is 0.335 e. The van der Waals surface area contributed by atoms with Crippen LogP contribution in [-0.4, -0.2) is 33.7 Å². The molecule has 3 aromatic rings. The number of carbonyl (C=O) groups is 3. The van der Waals surface area contributed by atoms with E-state index >= 15 is 0 Å². The van der Waals surface area contributed by atoms with Gasteiger partial charge in [0.05, 0.1) is 16.9 Å². The van der Waals surface area contributed by atoms with Crippen molar-refractivity contribution in [1.29, 1.82) is 0 Å². The summed E-state index contributed by atoms with van der Waals surface area (Å²) < 4.78 is 1.16. The van der Waals surface area contributed by atoms with Gasteiger partial charge in [0.15, 0.2) is 0 Å². The van der Waals surface area contributed by atoms with Gasteiger partial charge in [0.2, 0.25) is 0 Å². The molecule has 3 rings (SSSR count). The summed E-state index contributed by atoms with van der Waals surface area (Å²) in [6.45, 7) is 12.7. The molecule has 0 radical (unpaired) electrons. The number of carboxylic acids is 2. The van der Waals surface area contributed by atoms with Crippen LogP contribution in [0.1, 0.15) is 74.2 Å². The number of ketones is 1. The third-order valence-electron chi connectivity index (χ3n) is 4.85.